The quantitative estimate of drug-likeness (QED) is 0.387. The minimum absolute atomic E-state index is 0.0523. The number of benzene rings is 1. The van der Waals surface area contributed by atoms with Crippen LogP contribution >= 0.6 is 11.6 Å². The van der Waals surface area contributed by atoms with Crippen molar-refractivity contribution in [3.05, 3.63) is 40.6 Å². The molecule has 1 aromatic rings. The number of hydrogen-bond acceptors (Lipinski definition) is 5. The third kappa shape index (κ3) is 4.11. The number of carbonyl (C=O) groups is 1. The van der Waals surface area contributed by atoms with Crippen LogP contribution in [0.4, 0.5) is 10.1 Å². The predicted molar refractivity (Wildman–Crippen MR) is 78.3 cm³/mol. The summed E-state index contributed by atoms with van der Waals surface area (Å²) in [5, 5.41) is 0.734. The molecule has 0 aromatic heterocycles. The SMILES string of the molecule is CC.CO/C(=C(/N)C(C)=O)N(N)c1cccc(Cl)c1F. The van der Waals surface area contributed by atoms with Gasteiger partial charge in [0.1, 0.15) is 5.70 Å². The predicted octanol–water partition coefficient (Wildman–Crippen LogP) is 2.55. The smallest absolute Gasteiger partial charge is 0.236 e. The molecule has 0 aliphatic heterocycles. The first-order chi connectivity index (χ1) is 9.40. The summed E-state index contributed by atoms with van der Waals surface area (Å²) in [6, 6.07) is 4.27. The van der Waals surface area contributed by atoms with E-state index in [1.165, 1.54) is 32.2 Å². The Hall–Kier alpha value is -1.79. The fourth-order valence-corrected chi connectivity index (χ4v) is 1.45. The number of nitrogens with two attached hydrogens (primary N) is 2. The Balaban J connectivity index is 0.00000172. The standard InChI is InChI=1S/C11H13ClFN3O2.C2H6/c1-6(17)10(14)11(18-2)16(15)8-5-3-4-7(12)9(8)13;1-2/h3-5H,14-15H2,1-2H3;1-2H3/b11-10+;. The van der Waals surface area contributed by atoms with Gasteiger partial charge in [0.05, 0.1) is 17.8 Å². The van der Waals surface area contributed by atoms with Crippen molar-refractivity contribution in [1.82, 2.24) is 0 Å². The zero-order valence-corrected chi connectivity index (χ0v) is 12.7. The highest BCUT2D eigenvalue weighted by atomic mass is 35.5. The van der Waals surface area contributed by atoms with E-state index in [0.29, 0.717) is 0 Å². The van der Waals surface area contributed by atoms with Gasteiger partial charge in [0.15, 0.2) is 11.6 Å². The van der Waals surface area contributed by atoms with Crippen molar-refractivity contribution in [3.63, 3.8) is 0 Å². The molecule has 0 saturated carbocycles. The Morgan fingerprint density at radius 2 is 1.95 bits per heavy atom. The van der Waals surface area contributed by atoms with Crippen molar-refractivity contribution < 1.29 is 13.9 Å². The second-order valence-electron chi connectivity index (χ2n) is 3.42. The summed E-state index contributed by atoms with van der Waals surface area (Å²) in [5.74, 6) is 4.36. The number of halogens is 2. The van der Waals surface area contributed by atoms with Gasteiger partial charge in [0.2, 0.25) is 5.88 Å². The molecule has 0 bridgehead atoms. The molecule has 1 aromatic carbocycles. The lowest BCUT2D eigenvalue weighted by Crippen LogP contribution is -2.35. The molecule has 4 N–H and O–H groups in total. The third-order valence-electron chi connectivity index (χ3n) is 2.21. The lowest BCUT2D eigenvalue weighted by Gasteiger charge is -2.22. The number of Topliss-reactive ketones (excluding diaryl/α,β-unsaturated/α-hetero) is 1. The molecular formula is C13H19ClFN3O2. The second kappa shape index (κ2) is 8.39. The average Bonchev–Trinajstić information content (AvgIpc) is 2.44. The monoisotopic (exact) mass is 303 g/mol. The van der Waals surface area contributed by atoms with E-state index in [9.17, 15) is 9.18 Å². The van der Waals surface area contributed by atoms with Crippen molar-refractivity contribution in [2.45, 2.75) is 20.8 Å². The maximum atomic E-state index is 13.8. The molecule has 112 valence electrons. The minimum Gasteiger partial charge on any atom is -0.480 e. The van der Waals surface area contributed by atoms with Gasteiger partial charge in [0, 0.05) is 6.92 Å². The van der Waals surface area contributed by atoms with E-state index in [2.05, 4.69) is 0 Å². The van der Waals surface area contributed by atoms with Crippen molar-refractivity contribution in [2.75, 3.05) is 12.1 Å². The highest BCUT2D eigenvalue weighted by molar-refractivity contribution is 6.31. The molecule has 0 amide bonds. The van der Waals surface area contributed by atoms with E-state index in [1.54, 1.807) is 0 Å². The van der Waals surface area contributed by atoms with Crippen LogP contribution in [0.5, 0.6) is 0 Å². The number of carbonyl (C=O) groups excluding carboxylic acids is 1. The number of anilines is 1. The molecule has 20 heavy (non-hydrogen) atoms. The molecule has 1 rings (SSSR count). The summed E-state index contributed by atoms with van der Waals surface area (Å²) in [6.07, 6.45) is 0. The summed E-state index contributed by atoms with van der Waals surface area (Å²) in [6.45, 7) is 5.25. The van der Waals surface area contributed by atoms with E-state index >= 15 is 0 Å². The second-order valence-corrected chi connectivity index (χ2v) is 3.83. The fraction of sp³-hybridized carbons (Fsp3) is 0.308. The van der Waals surface area contributed by atoms with E-state index in [0.717, 1.165) is 5.01 Å². The van der Waals surface area contributed by atoms with Crippen LogP contribution in [0, 0.1) is 5.82 Å². The van der Waals surface area contributed by atoms with Gasteiger partial charge in [-0.3, -0.25) is 4.79 Å². The van der Waals surface area contributed by atoms with E-state index in [-0.39, 0.29) is 22.3 Å². The lowest BCUT2D eigenvalue weighted by atomic mass is 10.2. The molecular weight excluding hydrogens is 285 g/mol. The Labute approximate surface area is 122 Å². The summed E-state index contributed by atoms with van der Waals surface area (Å²) in [5.41, 5.74) is 5.26. The number of hydrazine groups is 1. The molecule has 0 aliphatic rings. The third-order valence-corrected chi connectivity index (χ3v) is 2.50. The largest absolute Gasteiger partial charge is 0.480 e. The van der Waals surface area contributed by atoms with Crippen LogP contribution in [0.15, 0.2) is 29.8 Å². The van der Waals surface area contributed by atoms with Gasteiger partial charge in [0.25, 0.3) is 0 Å². The van der Waals surface area contributed by atoms with Crippen LogP contribution in [-0.4, -0.2) is 12.9 Å². The van der Waals surface area contributed by atoms with Crippen LogP contribution in [0.25, 0.3) is 0 Å². The molecule has 0 aliphatic carbocycles. The van der Waals surface area contributed by atoms with Crippen LogP contribution < -0.4 is 16.6 Å². The van der Waals surface area contributed by atoms with Crippen LogP contribution in [0.3, 0.4) is 0 Å². The zero-order chi connectivity index (χ0) is 15.9. The topological polar surface area (TPSA) is 81.6 Å². The Kier molecular flexibility index (Phi) is 7.64. The summed E-state index contributed by atoms with van der Waals surface area (Å²) in [7, 11) is 1.27. The van der Waals surface area contributed by atoms with Gasteiger partial charge >= 0.3 is 0 Å². The van der Waals surface area contributed by atoms with E-state index < -0.39 is 11.6 Å². The van der Waals surface area contributed by atoms with Gasteiger partial charge in [-0.1, -0.05) is 31.5 Å². The van der Waals surface area contributed by atoms with Gasteiger partial charge in [-0.25, -0.2) is 15.2 Å². The molecule has 0 spiro atoms. The molecule has 0 atom stereocenters. The maximum absolute atomic E-state index is 13.8. The van der Waals surface area contributed by atoms with Gasteiger partial charge in [-0.2, -0.15) is 0 Å². The molecule has 7 heteroatoms. The number of allylic oxidation sites excluding steroid dienone is 1. The summed E-state index contributed by atoms with van der Waals surface area (Å²) < 4.78 is 18.7. The Morgan fingerprint density at radius 3 is 2.40 bits per heavy atom. The molecule has 0 saturated heterocycles. The van der Waals surface area contributed by atoms with Gasteiger partial charge < -0.3 is 10.5 Å². The van der Waals surface area contributed by atoms with Crippen molar-refractivity contribution in [2.24, 2.45) is 11.6 Å². The average molecular weight is 304 g/mol. The number of rotatable bonds is 4. The lowest BCUT2D eigenvalue weighted by molar-refractivity contribution is -0.113. The number of ketones is 1. The van der Waals surface area contributed by atoms with E-state index in [1.807, 2.05) is 13.8 Å². The van der Waals surface area contributed by atoms with E-state index in [4.69, 9.17) is 27.9 Å². The number of methoxy groups -OCH3 is 1. The van der Waals surface area contributed by atoms with Gasteiger partial charge in [-0.15, -0.1) is 0 Å². The van der Waals surface area contributed by atoms with Crippen molar-refractivity contribution >= 4 is 23.1 Å². The molecule has 5 nitrogen and oxygen atoms in total. The van der Waals surface area contributed by atoms with Gasteiger partial charge in [-0.05, 0) is 12.1 Å². The first kappa shape index (κ1) is 18.2. The highest BCUT2D eigenvalue weighted by Crippen LogP contribution is 2.26. The number of hydrogen-bond donors (Lipinski definition) is 2. The first-order valence-electron chi connectivity index (χ1n) is 5.93. The van der Waals surface area contributed by atoms with Crippen LogP contribution in [-0.2, 0) is 9.53 Å². The number of ether oxygens (including phenoxy) is 1. The molecule has 0 heterocycles. The van der Waals surface area contributed by atoms with Crippen LogP contribution in [0.1, 0.15) is 20.8 Å². The van der Waals surface area contributed by atoms with Crippen LogP contribution in [0.2, 0.25) is 5.02 Å². The Morgan fingerprint density at radius 1 is 1.40 bits per heavy atom. The van der Waals surface area contributed by atoms with Crippen molar-refractivity contribution in [1.29, 1.82) is 0 Å². The molecule has 0 radical (unpaired) electrons. The summed E-state index contributed by atoms with van der Waals surface area (Å²) in [4.78, 5) is 11.2. The first-order valence-corrected chi connectivity index (χ1v) is 6.31. The molecule has 0 fully saturated rings. The minimum atomic E-state index is -0.729. The fourth-order valence-electron chi connectivity index (χ4n) is 1.28. The maximum Gasteiger partial charge on any atom is 0.236 e. The summed E-state index contributed by atoms with van der Waals surface area (Å²) >= 11 is 5.64. The normalized spacial score (nSPS) is 10.9. The number of nitrogens with zero attached hydrogens (tertiary/aromatic N) is 1. The molecule has 0 unspecified atom stereocenters. The zero-order valence-electron chi connectivity index (χ0n) is 11.9. The highest BCUT2D eigenvalue weighted by Gasteiger charge is 2.19. The Bertz CT molecular complexity index is 506. The van der Waals surface area contributed by atoms with Crippen molar-refractivity contribution in [3.8, 4) is 0 Å².